The molecule has 0 radical (unpaired) electrons. The van der Waals surface area contributed by atoms with E-state index in [0.29, 0.717) is 33.2 Å². The summed E-state index contributed by atoms with van der Waals surface area (Å²) in [7, 11) is 0. The van der Waals surface area contributed by atoms with E-state index in [4.69, 9.17) is 23.2 Å². The first kappa shape index (κ1) is 27.1. The first-order chi connectivity index (χ1) is 17.8. The minimum Gasteiger partial charge on any atom is -0.352 e. The second kappa shape index (κ2) is 12.1. The molecule has 37 heavy (non-hydrogen) atoms. The van der Waals surface area contributed by atoms with Crippen LogP contribution in [0.5, 0.6) is 0 Å². The van der Waals surface area contributed by atoms with Crippen LogP contribution in [0.2, 0.25) is 10.0 Å². The molecule has 0 bridgehead atoms. The number of hydrogen-bond donors (Lipinski definition) is 1. The lowest BCUT2D eigenvalue weighted by atomic mass is 10.1. The molecule has 1 heterocycles. The third-order valence-electron chi connectivity index (χ3n) is 7.09. The molecule has 1 N–H and O–H groups in total. The van der Waals surface area contributed by atoms with Gasteiger partial charge in [-0.15, -0.1) is 0 Å². The Bertz CT molecular complexity index is 1160. The highest BCUT2D eigenvalue weighted by Crippen LogP contribution is 2.26. The molecule has 1 aliphatic carbocycles. The van der Waals surface area contributed by atoms with Gasteiger partial charge in [-0.25, -0.2) is 0 Å². The van der Waals surface area contributed by atoms with Gasteiger partial charge in [0.05, 0.1) is 11.1 Å². The number of benzene rings is 2. The van der Waals surface area contributed by atoms with Crippen LogP contribution in [0.25, 0.3) is 0 Å². The van der Waals surface area contributed by atoms with Crippen molar-refractivity contribution < 1.29 is 19.2 Å². The number of nitrogens with zero attached hydrogens (tertiary/aromatic N) is 2. The second-order valence-electron chi connectivity index (χ2n) is 9.58. The lowest BCUT2D eigenvalue weighted by molar-refractivity contribution is -0.141. The highest BCUT2D eigenvalue weighted by molar-refractivity contribution is 6.35. The molecule has 2 aliphatic rings. The van der Waals surface area contributed by atoms with Gasteiger partial charge in [0.2, 0.25) is 11.8 Å². The molecular formula is C28H31Cl2N3O4. The van der Waals surface area contributed by atoms with Crippen LogP contribution in [0.15, 0.2) is 42.5 Å². The van der Waals surface area contributed by atoms with Gasteiger partial charge >= 0.3 is 0 Å². The topological polar surface area (TPSA) is 86.8 Å². The monoisotopic (exact) mass is 543 g/mol. The molecule has 1 unspecified atom stereocenters. The molecule has 0 spiro atoms. The molecule has 1 aliphatic heterocycles. The van der Waals surface area contributed by atoms with Crippen molar-refractivity contribution in [2.45, 2.75) is 70.5 Å². The van der Waals surface area contributed by atoms with Crippen molar-refractivity contribution in [1.82, 2.24) is 15.1 Å². The van der Waals surface area contributed by atoms with Crippen molar-refractivity contribution in [3.8, 4) is 0 Å². The minimum atomic E-state index is -0.667. The van der Waals surface area contributed by atoms with Crippen LogP contribution < -0.4 is 5.32 Å². The van der Waals surface area contributed by atoms with Gasteiger partial charge in [0.25, 0.3) is 11.8 Å². The molecule has 196 valence electrons. The van der Waals surface area contributed by atoms with E-state index in [1.165, 1.54) is 4.90 Å². The summed E-state index contributed by atoms with van der Waals surface area (Å²) in [5, 5.41) is 4.02. The van der Waals surface area contributed by atoms with Gasteiger partial charge in [0, 0.05) is 35.6 Å². The summed E-state index contributed by atoms with van der Waals surface area (Å²) in [4.78, 5) is 54.8. The number of rotatable bonds is 10. The zero-order chi connectivity index (χ0) is 26.5. The third-order valence-corrected chi connectivity index (χ3v) is 7.68. The van der Waals surface area contributed by atoms with E-state index in [0.717, 1.165) is 25.7 Å². The summed E-state index contributed by atoms with van der Waals surface area (Å²) >= 11 is 12.5. The fourth-order valence-electron chi connectivity index (χ4n) is 5.09. The van der Waals surface area contributed by atoms with Crippen LogP contribution in [0.3, 0.4) is 0 Å². The number of halogens is 2. The van der Waals surface area contributed by atoms with E-state index in [2.05, 4.69) is 5.32 Å². The summed E-state index contributed by atoms with van der Waals surface area (Å²) in [5.41, 5.74) is 1.45. The SMILES string of the molecule is CCC(C(=O)NC1CCCC1)N(Cc1ccc(Cl)cc1Cl)C(=O)CCCN1C(=O)c2ccccc2C1=O. The Kier molecular flexibility index (Phi) is 8.87. The van der Waals surface area contributed by atoms with Crippen molar-refractivity contribution in [3.05, 3.63) is 69.2 Å². The van der Waals surface area contributed by atoms with Crippen LogP contribution in [0, 0.1) is 0 Å². The van der Waals surface area contributed by atoms with Crippen LogP contribution in [-0.2, 0) is 16.1 Å². The van der Waals surface area contributed by atoms with Gasteiger partial charge in [0.1, 0.15) is 6.04 Å². The maximum Gasteiger partial charge on any atom is 0.261 e. The van der Waals surface area contributed by atoms with Gasteiger partial charge in [-0.3, -0.25) is 24.1 Å². The molecule has 1 fully saturated rings. The smallest absolute Gasteiger partial charge is 0.261 e. The highest BCUT2D eigenvalue weighted by atomic mass is 35.5. The Morgan fingerprint density at radius 2 is 1.70 bits per heavy atom. The number of fused-ring (bicyclic) bond motifs is 1. The lowest BCUT2D eigenvalue weighted by Gasteiger charge is -2.32. The maximum absolute atomic E-state index is 13.5. The Balaban J connectivity index is 1.46. The Morgan fingerprint density at radius 3 is 2.30 bits per heavy atom. The zero-order valence-electron chi connectivity index (χ0n) is 20.8. The van der Waals surface area contributed by atoms with Gasteiger partial charge in [-0.1, -0.05) is 61.2 Å². The molecule has 4 rings (SSSR count). The van der Waals surface area contributed by atoms with Gasteiger partial charge < -0.3 is 10.2 Å². The van der Waals surface area contributed by atoms with E-state index >= 15 is 0 Å². The number of carbonyl (C=O) groups excluding carboxylic acids is 4. The number of imide groups is 1. The Morgan fingerprint density at radius 1 is 1.05 bits per heavy atom. The Hall–Kier alpha value is -2.90. The first-order valence-electron chi connectivity index (χ1n) is 12.8. The van der Waals surface area contributed by atoms with Gasteiger partial charge in [-0.05, 0) is 55.5 Å². The summed E-state index contributed by atoms with van der Waals surface area (Å²) in [6.45, 7) is 2.15. The molecule has 0 saturated heterocycles. The zero-order valence-corrected chi connectivity index (χ0v) is 22.4. The molecule has 2 aromatic rings. The van der Waals surface area contributed by atoms with Crippen molar-refractivity contribution in [1.29, 1.82) is 0 Å². The predicted octanol–water partition coefficient (Wildman–Crippen LogP) is 5.24. The van der Waals surface area contributed by atoms with Crippen molar-refractivity contribution in [2.24, 2.45) is 0 Å². The van der Waals surface area contributed by atoms with Crippen LogP contribution >= 0.6 is 23.2 Å². The predicted molar refractivity (Wildman–Crippen MR) is 143 cm³/mol. The largest absolute Gasteiger partial charge is 0.352 e. The van der Waals surface area contributed by atoms with Crippen molar-refractivity contribution in [3.63, 3.8) is 0 Å². The number of carbonyl (C=O) groups is 4. The summed E-state index contributed by atoms with van der Waals surface area (Å²) < 4.78 is 0. The summed E-state index contributed by atoms with van der Waals surface area (Å²) in [6.07, 6.45) is 4.86. The lowest BCUT2D eigenvalue weighted by Crippen LogP contribution is -2.51. The molecule has 4 amide bonds. The van der Waals surface area contributed by atoms with Crippen molar-refractivity contribution in [2.75, 3.05) is 6.54 Å². The fraction of sp³-hybridized carbons (Fsp3) is 0.429. The number of amides is 4. The van der Waals surface area contributed by atoms with E-state index in [-0.39, 0.29) is 55.6 Å². The molecule has 1 saturated carbocycles. The Labute approximate surface area is 227 Å². The highest BCUT2D eigenvalue weighted by Gasteiger charge is 2.35. The standard InChI is InChI=1S/C28H31Cl2N3O4/c1-2-24(26(35)31-20-8-3-4-9-20)33(17-18-13-14-19(29)16-23(18)30)25(34)12-7-15-32-27(36)21-10-5-6-11-22(21)28(32)37/h5-6,10-11,13-14,16,20,24H,2-4,7-9,12,15,17H2,1H3,(H,31,35). The molecule has 9 heteroatoms. The molecule has 1 atom stereocenters. The van der Waals surface area contributed by atoms with E-state index in [9.17, 15) is 19.2 Å². The second-order valence-corrected chi connectivity index (χ2v) is 10.4. The van der Waals surface area contributed by atoms with Gasteiger partial charge in [-0.2, -0.15) is 0 Å². The van der Waals surface area contributed by atoms with Crippen LogP contribution in [0.4, 0.5) is 0 Å². The van der Waals surface area contributed by atoms with E-state index < -0.39 is 6.04 Å². The van der Waals surface area contributed by atoms with Crippen LogP contribution in [-0.4, -0.2) is 52.1 Å². The van der Waals surface area contributed by atoms with E-state index in [1.807, 2.05) is 6.92 Å². The van der Waals surface area contributed by atoms with Gasteiger partial charge in [0.15, 0.2) is 0 Å². The molecule has 7 nitrogen and oxygen atoms in total. The quantitative estimate of drug-likeness (QED) is 0.415. The minimum absolute atomic E-state index is 0.0752. The third kappa shape index (κ3) is 6.16. The molecule has 2 aromatic carbocycles. The first-order valence-corrected chi connectivity index (χ1v) is 13.5. The normalized spacial score (nSPS) is 16.1. The molecule has 0 aromatic heterocycles. The maximum atomic E-state index is 13.5. The van der Waals surface area contributed by atoms with Crippen LogP contribution in [0.1, 0.15) is 78.1 Å². The number of hydrogen-bond acceptors (Lipinski definition) is 4. The molecular weight excluding hydrogens is 513 g/mol. The van der Waals surface area contributed by atoms with Crippen molar-refractivity contribution >= 4 is 46.8 Å². The average Bonchev–Trinajstić information content (AvgIpc) is 3.47. The summed E-state index contributed by atoms with van der Waals surface area (Å²) in [5.74, 6) is -1.11. The number of nitrogens with one attached hydrogen (secondary N) is 1. The average molecular weight is 544 g/mol. The fourth-order valence-corrected chi connectivity index (χ4v) is 5.56. The van der Waals surface area contributed by atoms with E-state index in [1.54, 1.807) is 47.4 Å². The summed E-state index contributed by atoms with van der Waals surface area (Å²) in [6, 6.07) is 11.2.